The molecule has 1 atom stereocenters. The molecule has 2 N–H and O–H groups in total. The average molecular weight is 637 g/mol. The van der Waals surface area contributed by atoms with Crippen molar-refractivity contribution in [3.05, 3.63) is 90.5 Å². The fourth-order valence-electron chi connectivity index (χ4n) is 5.19. The number of benzene rings is 2. The van der Waals surface area contributed by atoms with E-state index in [2.05, 4.69) is 25.6 Å². The monoisotopic (exact) mass is 636 g/mol. The molecule has 1 saturated heterocycles. The number of ether oxygens (including phenoxy) is 3. The van der Waals surface area contributed by atoms with E-state index in [1.807, 2.05) is 49.7 Å². The van der Waals surface area contributed by atoms with Gasteiger partial charge in [0.25, 0.3) is 5.91 Å². The number of methoxy groups -OCH3 is 1. The van der Waals surface area contributed by atoms with Gasteiger partial charge in [-0.1, -0.05) is 12.1 Å². The summed E-state index contributed by atoms with van der Waals surface area (Å²) in [5, 5.41) is 11.9. The number of hydrogen-bond donors (Lipinski definition) is 2. The van der Waals surface area contributed by atoms with Crippen LogP contribution in [-0.2, 0) is 11.3 Å². The van der Waals surface area contributed by atoms with E-state index in [1.54, 1.807) is 60.8 Å². The number of aromatic nitrogens is 5. The van der Waals surface area contributed by atoms with Crippen LogP contribution in [0.5, 0.6) is 17.2 Å². The standard InChI is InChI=1S/C34H36N8O5/c1-34(2,3)47-33(44)41-18-15-24(20-41)38-30-29-27(13-17-36-31(29)42(40-30)19-22-5-9-25(45-4)10-6-22)46-26-11-7-23(8-12-26)32(43)39-28-14-16-35-21-37-28/h5-14,16-17,21,24H,15,18-20H2,1-4H3,(H,38,40)(H,35,37,39,43). The molecule has 3 aromatic heterocycles. The van der Waals surface area contributed by atoms with Gasteiger partial charge >= 0.3 is 6.09 Å². The van der Waals surface area contributed by atoms with Crippen molar-refractivity contribution in [1.29, 1.82) is 0 Å². The molecule has 5 aromatic rings. The number of anilines is 2. The first-order valence-corrected chi connectivity index (χ1v) is 15.2. The van der Waals surface area contributed by atoms with Crippen LogP contribution < -0.4 is 20.1 Å². The Morgan fingerprint density at radius 2 is 1.72 bits per heavy atom. The lowest BCUT2D eigenvalue weighted by molar-refractivity contribution is 0.0293. The second kappa shape index (κ2) is 13.3. The van der Waals surface area contributed by atoms with Crippen molar-refractivity contribution in [2.45, 2.75) is 45.4 Å². The predicted octanol–water partition coefficient (Wildman–Crippen LogP) is 5.74. The van der Waals surface area contributed by atoms with E-state index >= 15 is 0 Å². The van der Waals surface area contributed by atoms with Gasteiger partial charge in [0.15, 0.2) is 11.5 Å². The first-order chi connectivity index (χ1) is 22.6. The van der Waals surface area contributed by atoms with Crippen molar-refractivity contribution in [2.24, 2.45) is 0 Å². The molecule has 0 spiro atoms. The van der Waals surface area contributed by atoms with Crippen LogP contribution in [0.15, 0.2) is 79.4 Å². The molecule has 6 rings (SSSR count). The molecule has 242 valence electrons. The summed E-state index contributed by atoms with van der Waals surface area (Å²) in [6.45, 7) is 7.07. The molecule has 2 aromatic carbocycles. The molecule has 0 saturated carbocycles. The third-order valence-electron chi connectivity index (χ3n) is 7.43. The predicted molar refractivity (Wildman–Crippen MR) is 176 cm³/mol. The Morgan fingerprint density at radius 3 is 2.43 bits per heavy atom. The van der Waals surface area contributed by atoms with Crippen molar-refractivity contribution < 1.29 is 23.8 Å². The molecule has 47 heavy (non-hydrogen) atoms. The van der Waals surface area contributed by atoms with Crippen molar-refractivity contribution >= 4 is 34.7 Å². The zero-order chi connectivity index (χ0) is 33.0. The molecule has 13 nitrogen and oxygen atoms in total. The maximum atomic E-state index is 12.7. The minimum Gasteiger partial charge on any atom is -0.497 e. The number of nitrogens with zero attached hydrogens (tertiary/aromatic N) is 6. The Balaban J connectivity index is 1.26. The van der Waals surface area contributed by atoms with E-state index in [9.17, 15) is 9.59 Å². The van der Waals surface area contributed by atoms with Crippen LogP contribution in [-0.4, -0.2) is 73.5 Å². The summed E-state index contributed by atoms with van der Waals surface area (Å²) in [4.78, 5) is 39.7. The van der Waals surface area contributed by atoms with Gasteiger partial charge in [-0.05, 0) is 75.2 Å². The fraction of sp³-hybridized carbons (Fsp3) is 0.294. The fourth-order valence-corrected chi connectivity index (χ4v) is 5.19. The Bertz CT molecular complexity index is 1850. The summed E-state index contributed by atoms with van der Waals surface area (Å²) in [6, 6.07) is 17.9. The summed E-state index contributed by atoms with van der Waals surface area (Å²) in [7, 11) is 1.63. The van der Waals surface area contributed by atoms with Crippen molar-refractivity contribution in [2.75, 3.05) is 30.8 Å². The van der Waals surface area contributed by atoms with Crippen LogP contribution in [0.2, 0.25) is 0 Å². The molecule has 0 aliphatic carbocycles. The highest BCUT2D eigenvalue weighted by Gasteiger charge is 2.31. The number of pyridine rings is 1. The van der Waals surface area contributed by atoms with Crippen molar-refractivity contribution in [3.63, 3.8) is 0 Å². The van der Waals surface area contributed by atoms with Gasteiger partial charge in [-0.15, -0.1) is 0 Å². The number of amides is 2. The van der Waals surface area contributed by atoms with Crippen molar-refractivity contribution in [1.82, 2.24) is 29.6 Å². The molecule has 1 unspecified atom stereocenters. The van der Waals surface area contributed by atoms with Crippen LogP contribution in [0.4, 0.5) is 16.4 Å². The number of fused-ring (bicyclic) bond motifs is 1. The topological polar surface area (TPSA) is 146 Å². The molecule has 0 bridgehead atoms. The number of carbonyl (C=O) groups excluding carboxylic acids is 2. The Hall–Kier alpha value is -5.72. The molecule has 2 amide bonds. The van der Waals surface area contributed by atoms with E-state index in [0.717, 1.165) is 17.7 Å². The first kappa shape index (κ1) is 31.3. The summed E-state index contributed by atoms with van der Waals surface area (Å²) >= 11 is 0. The Labute approximate surface area is 271 Å². The largest absolute Gasteiger partial charge is 0.497 e. The number of rotatable bonds is 9. The van der Waals surface area contributed by atoms with Crippen molar-refractivity contribution in [3.8, 4) is 17.2 Å². The van der Waals surface area contributed by atoms with Crippen LogP contribution in [0.25, 0.3) is 11.0 Å². The molecule has 13 heteroatoms. The highest BCUT2D eigenvalue weighted by atomic mass is 16.6. The van der Waals surface area contributed by atoms with Gasteiger partial charge < -0.3 is 29.7 Å². The Morgan fingerprint density at radius 1 is 0.957 bits per heavy atom. The molecular weight excluding hydrogens is 600 g/mol. The summed E-state index contributed by atoms with van der Waals surface area (Å²) in [5.41, 5.74) is 1.52. The van der Waals surface area contributed by atoms with Gasteiger partial charge in [0.1, 0.15) is 40.4 Å². The summed E-state index contributed by atoms with van der Waals surface area (Å²) in [5.74, 6) is 2.54. The maximum absolute atomic E-state index is 12.7. The van der Waals surface area contributed by atoms with E-state index in [4.69, 9.17) is 19.3 Å². The van der Waals surface area contributed by atoms with E-state index in [0.29, 0.717) is 59.4 Å². The zero-order valence-corrected chi connectivity index (χ0v) is 26.6. The van der Waals surface area contributed by atoms with Crippen LogP contribution in [0.3, 0.4) is 0 Å². The molecule has 1 aliphatic heterocycles. The third kappa shape index (κ3) is 7.57. The molecule has 1 fully saturated rings. The van der Waals surface area contributed by atoms with Gasteiger partial charge in [0.05, 0.1) is 13.7 Å². The highest BCUT2D eigenvalue weighted by Crippen LogP contribution is 2.35. The number of carbonyl (C=O) groups is 2. The van der Waals surface area contributed by atoms with Gasteiger partial charge in [0.2, 0.25) is 0 Å². The van der Waals surface area contributed by atoms with E-state index < -0.39 is 5.60 Å². The Kier molecular flexibility index (Phi) is 8.87. The number of hydrogen-bond acceptors (Lipinski definition) is 10. The number of nitrogens with one attached hydrogen (secondary N) is 2. The van der Waals surface area contributed by atoms with Crippen LogP contribution in [0, 0.1) is 0 Å². The minimum absolute atomic E-state index is 0.0595. The quantitative estimate of drug-likeness (QED) is 0.205. The lowest BCUT2D eigenvalue weighted by Gasteiger charge is -2.24. The zero-order valence-electron chi connectivity index (χ0n) is 26.6. The third-order valence-corrected chi connectivity index (χ3v) is 7.43. The molecule has 0 radical (unpaired) electrons. The maximum Gasteiger partial charge on any atom is 0.410 e. The van der Waals surface area contributed by atoms with E-state index in [1.165, 1.54) is 6.33 Å². The summed E-state index contributed by atoms with van der Waals surface area (Å²) in [6.07, 6.45) is 4.99. The van der Waals surface area contributed by atoms with Gasteiger partial charge in [-0.3, -0.25) is 4.79 Å². The summed E-state index contributed by atoms with van der Waals surface area (Å²) < 4.78 is 19.1. The smallest absolute Gasteiger partial charge is 0.410 e. The lowest BCUT2D eigenvalue weighted by atomic mass is 10.2. The highest BCUT2D eigenvalue weighted by molar-refractivity contribution is 6.03. The number of likely N-dealkylation sites (tertiary alicyclic amines) is 1. The van der Waals surface area contributed by atoms with Crippen LogP contribution in [0.1, 0.15) is 43.1 Å². The second-order valence-corrected chi connectivity index (χ2v) is 12.1. The molecule has 1 aliphatic rings. The first-order valence-electron chi connectivity index (χ1n) is 15.2. The SMILES string of the molecule is COc1ccc(Cn2nc(NC3CCN(C(=O)OC(C)(C)C)C3)c3c(Oc4ccc(C(=O)Nc5ccncn5)cc4)ccnc32)cc1. The second-order valence-electron chi connectivity index (χ2n) is 12.1. The lowest BCUT2D eigenvalue weighted by Crippen LogP contribution is -2.36. The van der Waals surface area contributed by atoms with Gasteiger partial charge in [-0.25, -0.2) is 24.4 Å². The van der Waals surface area contributed by atoms with E-state index in [-0.39, 0.29) is 18.0 Å². The normalized spacial score (nSPS) is 14.6. The molecule has 4 heterocycles. The van der Waals surface area contributed by atoms with Gasteiger partial charge in [0, 0.05) is 43.2 Å². The minimum atomic E-state index is -0.574. The van der Waals surface area contributed by atoms with Crippen LogP contribution >= 0.6 is 0 Å². The van der Waals surface area contributed by atoms with Gasteiger partial charge in [-0.2, -0.15) is 5.10 Å². The average Bonchev–Trinajstić information content (AvgIpc) is 3.67. The molecular formula is C34H36N8O5.